The smallest absolute Gasteiger partial charge is 0.308 e. The Morgan fingerprint density at radius 3 is 2.56 bits per heavy atom. The Balaban J connectivity index is 1.31. The quantitative estimate of drug-likeness (QED) is 0.432. The van der Waals surface area contributed by atoms with E-state index in [1.165, 1.54) is 7.11 Å². The lowest BCUT2D eigenvalue weighted by atomic mass is 9.85. The molecule has 6 heteroatoms. The van der Waals surface area contributed by atoms with Crippen LogP contribution in [0.2, 0.25) is 5.02 Å². The van der Waals surface area contributed by atoms with E-state index in [4.69, 9.17) is 16.3 Å². The standard InChI is InChI=1S/C28H27ClN2O3/c1-34-28(33)20-4-2-7-25(14-20)31-17-21-9-8-19(15-26(21)27(31)32)18-10-12-23(13-11-18)30-24-6-3-5-22(29)16-24/h3,5-6,8-13,15-16,20,25,30H,2,4,7,14,17H2,1H3. The van der Waals surface area contributed by atoms with Crippen LogP contribution in [0.3, 0.4) is 0 Å². The molecule has 3 aromatic carbocycles. The molecular formula is C28H27ClN2O3. The van der Waals surface area contributed by atoms with Gasteiger partial charge in [-0.1, -0.05) is 48.4 Å². The third kappa shape index (κ3) is 4.53. The van der Waals surface area contributed by atoms with Gasteiger partial charge in [-0.15, -0.1) is 0 Å². The first kappa shape index (κ1) is 22.5. The topological polar surface area (TPSA) is 58.6 Å². The van der Waals surface area contributed by atoms with Crippen LogP contribution in [0.15, 0.2) is 66.7 Å². The van der Waals surface area contributed by atoms with Gasteiger partial charge in [0.2, 0.25) is 0 Å². The second-order valence-electron chi connectivity index (χ2n) is 9.06. The normalized spacial score (nSPS) is 19.6. The molecule has 1 N–H and O–H groups in total. The van der Waals surface area contributed by atoms with Crippen LogP contribution in [-0.4, -0.2) is 29.9 Å². The fourth-order valence-corrected chi connectivity index (χ4v) is 5.29. The number of hydrogen-bond donors (Lipinski definition) is 1. The van der Waals surface area contributed by atoms with E-state index >= 15 is 0 Å². The summed E-state index contributed by atoms with van der Waals surface area (Å²) in [5.74, 6) is -0.217. The zero-order valence-corrected chi connectivity index (χ0v) is 19.8. The van der Waals surface area contributed by atoms with Gasteiger partial charge in [0.15, 0.2) is 0 Å². The summed E-state index contributed by atoms with van der Waals surface area (Å²) in [6, 6.07) is 22.0. The molecular weight excluding hydrogens is 448 g/mol. The van der Waals surface area contributed by atoms with Gasteiger partial charge in [0, 0.05) is 34.5 Å². The van der Waals surface area contributed by atoms with Crippen LogP contribution in [0, 0.1) is 5.92 Å². The summed E-state index contributed by atoms with van der Waals surface area (Å²) in [6.07, 6.45) is 3.39. The predicted octanol–water partition coefficient (Wildman–Crippen LogP) is 6.44. The molecule has 1 amide bonds. The molecule has 0 bridgehead atoms. The lowest BCUT2D eigenvalue weighted by Crippen LogP contribution is -2.40. The Kier molecular flexibility index (Phi) is 6.29. The van der Waals surface area contributed by atoms with Gasteiger partial charge in [0.05, 0.1) is 13.0 Å². The molecule has 2 aliphatic rings. The van der Waals surface area contributed by atoms with Gasteiger partial charge >= 0.3 is 5.97 Å². The van der Waals surface area contributed by atoms with E-state index in [2.05, 4.69) is 17.4 Å². The summed E-state index contributed by atoms with van der Waals surface area (Å²) in [5, 5.41) is 4.04. The Hall–Kier alpha value is -3.31. The number of esters is 1. The van der Waals surface area contributed by atoms with Crippen molar-refractivity contribution in [2.24, 2.45) is 5.92 Å². The van der Waals surface area contributed by atoms with Crippen molar-refractivity contribution in [3.63, 3.8) is 0 Å². The van der Waals surface area contributed by atoms with E-state index in [9.17, 15) is 9.59 Å². The number of halogens is 1. The number of amides is 1. The Labute approximate surface area is 204 Å². The van der Waals surface area contributed by atoms with Gasteiger partial charge in [-0.2, -0.15) is 0 Å². The van der Waals surface area contributed by atoms with Gasteiger partial charge in [0.1, 0.15) is 0 Å². The van der Waals surface area contributed by atoms with Crippen LogP contribution in [0.25, 0.3) is 11.1 Å². The minimum Gasteiger partial charge on any atom is -0.469 e. The van der Waals surface area contributed by atoms with Crippen molar-refractivity contribution in [2.45, 2.75) is 38.3 Å². The zero-order valence-electron chi connectivity index (χ0n) is 19.1. The molecule has 0 spiro atoms. The van der Waals surface area contributed by atoms with Crippen molar-refractivity contribution in [3.8, 4) is 11.1 Å². The number of nitrogens with zero attached hydrogens (tertiary/aromatic N) is 1. The number of methoxy groups -OCH3 is 1. The van der Waals surface area contributed by atoms with E-state index in [1.807, 2.05) is 59.5 Å². The summed E-state index contributed by atoms with van der Waals surface area (Å²) in [6.45, 7) is 0.607. The molecule has 0 radical (unpaired) electrons. The van der Waals surface area contributed by atoms with Gasteiger partial charge < -0.3 is 15.0 Å². The summed E-state index contributed by atoms with van der Waals surface area (Å²) in [5.41, 5.74) is 5.77. The average Bonchev–Trinajstić information content (AvgIpc) is 3.20. The average molecular weight is 475 g/mol. The van der Waals surface area contributed by atoms with Crippen LogP contribution >= 0.6 is 11.6 Å². The number of ether oxygens (including phenoxy) is 1. The first-order valence-corrected chi connectivity index (χ1v) is 12.0. The van der Waals surface area contributed by atoms with Gasteiger partial charge in [0.25, 0.3) is 5.91 Å². The third-order valence-corrected chi connectivity index (χ3v) is 7.13. The maximum Gasteiger partial charge on any atom is 0.308 e. The van der Waals surface area contributed by atoms with Gasteiger partial charge in [-0.25, -0.2) is 0 Å². The van der Waals surface area contributed by atoms with Crippen molar-refractivity contribution in [1.82, 2.24) is 4.90 Å². The Bertz CT molecular complexity index is 1220. The second kappa shape index (κ2) is 9.51. The predicted molar refractivity (Wildman–Crippen MR) is 134 cm³/mol. The Morgan fingerprint density at radius 2 is 1.79 bits per heavy atom. The monoisotopic (exact) mass is 474 g/mol. The number of carbonyl (C=O) groups excluding carboxylic acids is 2. The summed E-state index contributed by atoms with van der Waals surface area (Å²) in [4.78, 5) is 27.3. The number of nitrogens with one attached hydrogen (secondary N) is 1. The molecule has 1 heterocycles. The molecule has 3 aromatic rings. The van der Waals surface area contributed by atoms with Crippen molar-refractivity contribution in [1.29, 1.82) is 0 Å². The molecule has 2 atom stereocenters. The fraction of sp³-hybridized carbons (Fsp3) is 0.286. The maximum absolute atomic E-state index is 13.3. The highest BCUT2D eigenvalue weighted by Crippen LogP contribution is 2.35. The van der Waals surface area contributed by atoms with E-state index < -0.39 is 0 Å². The van der Waals surface area contributed by atoms with E-state index in [1.54, 1.807) is 0 Å². The number of anilines is 2. The summed E-state index contributed by atoms with van der Waals surface area (Å²) >= 11 is 6.07. The second-order valence-corrected chi connectivity index (χ2v) is 9.49. The minimum atomic E-state index is -0.163. The minimum absolute atomic E-state index is 0.0617. The number of fused-ring (bicyclic) bond motifs is 1. The maximum atomic E-state index is 13.3. The number of rotatable bonds is 5. The molecule has 0 saturated heterocycles. The van der Waals surface area contributed by atoms with E-state index in [0.717, 1.165) is 52.9 Å². The van der Waals surface area contributed by atoms with Crippen molar-refractivity contribution in [3.05, 3.63) is 82.9 Å². The zero-order chi connectivity index (χ0) is 23.7. The molecule has 174 valence electrons. The van der Waals surface area contributed by atoms with Gasteiger partial charge in [-0.05, 0) is 72.4 Å². The number of carbonyl (C=O) groups is 2. The lowest BCUT2D eigenvalue weighted by molar-refractivity contribution is -0.147. The van der Waals surface area contributed by atoms with Crippen molar-refractivity contribution in [2.75, 3.05) is 12.4 Å². The first-order chi connectivity index (χ1) is 16.5. The van der Waals surface area contributed by atoms with E-state index in [0.29, 0.717) is 18.0 Å². The largest absolute Gasteiger partial charge is 0.469 e. The van der Waals surface area contributed by atoms with Crippen LogP contribution in [-0.2, 0) is 16.1 Å². The highest BCUT2D eigenvalue weighted by atomic mass is 35.5. The van der Waals surface area contributed by atoms with E-state index in [-0.39, 0.29) is 23.8 Å². The molecule has 0 aromatic heterocycles. The third-order valence-electron chi connectivity index (χ3n) is 6.90. The summed E-state index contributed by atoms with van der Waals surface area (Å²) < 4.78 is 4.95. The highest BCUT2D eigenvalue weighted by molar-refractivity contribution is 6.30. The molecule has 1 saturated carbocycles. The SMILES string of the molecule is COC(=O)C1CCCC(N2Cc3ccc(-c4ccc(Nc5cccc(Cl)c5)cc4)cc3C2=O)C1. The van der Waals surface area contributed by atoms with Crippen molar-refractivity contribution < 1.29 is 14.3 Å². The first-order valence-electron chi connectivity index (χ1n) is 11.7. The van der Waals surface area contributed by atoms with Gasteiger partial charge in [-0.3, -0.25) is 9.59 Å². The highest BCUT2D eigenvalue weighted by Gasteiger charge is 2.37. The van der Waals surface area contributed by atoms with Crippen molar-refractivity contribution >= 4 is 34.9 Å². The fourth-order valence-electron chi connectivity index (χ4n) is 5.10. The molecule has 2 unspecified atom stereocenters. The number of hydrogen-bond acceptors (Lipinski definition) is 4. The van der Waals surface area contributed by atoms with Crippen LogP contribution in [0.1, 0.15) is 41.6 Å². The molecule has 1 aliphatic heterocycles. The molecule has 34 heavy (non-hydrogen) atoms. The lowest BCUT2D eigenvalue weighted by Gasteiger charge is -2.34. The van der Waals surface area contributed by atoms with Crippen LogP contribution in [0.5, 0.6) is 0 Å². The molecule has 1 aliphatic carbocycles. The molecule has 5 rings (SSSR count). The Morgan fingerprint density at radius 1 is 1.00 bits per heavy atom. The van der Waals surface area contributed by atoms with Crippen LogP contribution in [0.4, 0.5) is 11.4 Å². The molecule has 1 fully saturated rings. The molecule has 5 nitrogen and oxygen atoms in total. The number of benzene rings is 3. The summed E-state index contributed by atoms with van der Waals surface area (Å²) in [7, 11) is 1.43. The van der Waals surface area contributed by atoms with Crippen LogP contribution < -0.4 is 5.32 Å².